The molecule has 0 aliphatic rings. The zero-order chi connectivity index (χ0) is 20.9. The molecule has 0 spiro atoms. The van der Waals surface area contributed by atoms with Crippen molar-refractivity contribution >= 4 is 21.6 Å². The first-order chi connectivity index (χ1) is 12.9. The highest BCUT2D eigenvalue weighted by Gasteiger charge is 2.30. The molecular formula is C18H19F3N2O4S. The molecule has 0 aliphatic carbocycles. The van der Waals surface area contributed by atoms with Gasteiger partial charge in [0.25, 0.3) is 5.91 Å². The quantitative estimate of drug-likeness (QED) is 0.725. The average Bonchev–Trinajstić information content (AvgIpc) is 2.58. The lowest BCUT2D eigenvalue weighted by Crippen LogP contribution is -2.31. The van der Waals surface area contributed by atoms with E-state index in [1.807, 2.05) is 0 Å². The Morgan fingerprint density at radius 3 is 2.46 bits per heavy atom. The number of ether oxygens (including phenoxy) is 1. The van der Waals surface area contributed by atoms with Crippen molar-refractivity contribution in [2.24, 2.45) is 0 Å². The van der Waals surface area contributed by atoms with Gasteiger partial charge in [-0.1, -0.05) is 18.2 Å². The van der Waals surface area contributed by atoms with E-state index in [-0.39, 0.29) is 5.75 Å². The first-order valence-electron chi connectivity index (χ1n) is 8.11. The molecule has 28 heavy (non-hydrogen) atoms. The fourth-order valence-corrected chi connectivity index (χ4v) is 2.92. The highest BCUT2D eigenvalue weighted by Crippen LogP contribution is 2.31. The van der Waals surface area contributed by atoms with E-state index in [0.717, 1.165) is 18.4 Å². The van der Waals surface area contributed by atoms with Crippen LogP contribution in [0.3, 0.4) is 0 Å². The zero-order valence-electron chi connectivity index (χ0n) is 15.1. The molecule has 0 saturated carbocycles. The first-order valence-corrected chi connectivity index (χ1v) is 10.0. The van der Waals surface area contributed by atoms with Crippen molar-refractivity contribution in [1.82, 2.24) is 5.32 Å². The van der Waals surface area contributed by atoms with Crippen LogP contribution in [-0.2, 0) is 21.0 Å². The standard InChI is InChI=1S/C18H19F3N2O4S/c1-12(13-5-3-7-15(9-13)23-28(2,25)26)22-17(24)11-27-16-8-4-6-14(10-16)18(19,20)21/h3-10,12,23H,11H2,1-2H3,(H,22,24). The molecule has 10 heteroatoms. The Bertz CT molecular complexity index is 946. The van der Waals surface area contributed by atoms with Crippen molar-refractivity contribution in [3.05, 3.63) is 59.7 Å². The predicted octanol–water partition coefficient (Wildman–Crippen LogP) is 3.33. The molecule has 1 unspecified atom stereocenters. The molecule has 2 rings (SSSR count). The van der Waals surface area contributed by atoms with E-state index < -0.39 is 40.3 Å². The lowest BCUT2D eigenvalue weighted by Gasteiger charge is -2.16. The summed E-state index contributed by atoms with van der Waals surface area (Å²) in [6, 6.07) is 10.2. The molecule has 0 saturated heterocycles. The van der Waals surface area contributed by atoms with Gasteiger partial charge in [0.1, 0.15) is 5.75 Å². The van der Waals surface area contributed by atoms with Crippen molar-refractivity contribution in [2.45, 2.75) is 19.1 Å². The molecule has 1 amide bonds. The van der Waals surface area contributed by atoms with Crippen LogP contribution in [0.5, 0.6) is 5.75 Å². The van der Waals surface area contributed by atoms with E-state index in [9.17, 15) is 26.4 Å². The van der Waals surface area contributed by atoms with Gasteiger partial charge in [-0.15, -0.1) is 0 Å². The SMILES string of the molecule is CC(NC(=O)COc1cccc(C(F)(F)F)c1)c1cccc(NS(C)(=O)=O)c1. The molecule has 0 aromatic heterocycles. The fourth-order valence-electron chi connectivity index (χ4n) is 2.36. The Hall–Kier alpha value is -2.75. The number of benzene rings is 2. The van der Waals surface area contributed by atoms with E-state index in [2.05, 4.69) is 10.0 Å². The van der Waals surface area contributed by atoms with Crippen molar-refractivity contribution in [1.29, 1.82) is 0 Å². The maximum Gasteiger partial charge on any atom is 0.416 e. The van der Waals surface area contributed by atoms with E-state index in [4.69, 9.17) is 4.74 Å². The van der Waals surface area contributed by atoms with Crippen molar-refractivity contribution in [3.63, 3.8) is 0 Å². The molecule has 2 aromatic rings. The Balaban J connectivity index is 1.95. The second kappa shape index (κ2) is 8.51. The van der Waals surface area contributed by atoms with Crippen molar-refractivity contribution < 1.29 is 31.1 Å². The summed E-state index contributed by atoms with van der Waals surface area (Å²) in [5, 5.41) is 2.64. The summed E-state index contributed by atoms with van der Waals surface area (Å²) < 4.78 is 68.1. The average molecular weight is 416 g/mol. The summed E-state index contributed by atoms with van der Waals surface area (Å²) in [6.07, 6.45) is -3.48. The normalized spacial score (nSPS) is 12.9. The maximum absolute atomic E-state index is 12.7. The lowest BCUT2D eigenvalue weighted by atomic mass is 10.1. The first kappa shape index (κ1) is 21.5. The Morgan fingerprint density at radius 1 is 1.14 bits per heavy atom. The van der Waals surface area contributed by atoms with Crippen LogP contribution in [0.4, 0.5) is 18.9 Å². The third kappa shape index (κ3) is 6.76. The van der Waals surface area contributed by atoms with E-state index in [1.165, 1.54) is 12.1 Å². The van der Waals surface area contributed by atoms with Crippen LogP contribution in [0.15, 0.2) is 48.5 Å². The summed E-state index contributed by atoms with van der Waals surface area (Å²) in [6.45, 7) is 1.22. The van der Waals surface area contributed by atoms with Gasteiger partial charge in [-0.3, -0.25) is 9.52 Å². The lowest BCUT2D eigenvalue weighted by molar-refractivity contribution is -0.137. The minimum absolute atomic E-state index is 0.0722. The third-order valence-electron chi connectivity index (χ3n) is 3.60. The van der Waals surface area contributed by atoms with E-state index >= 15 is 0 Å². The van der Waals surface area contributed by atoms with E-state index in [1.54, 1.807) is 31.2 Å². The number of hydrogen-bond acceptors (Lipinski definition) is 4. The van der Waals surface area contributed by atoms with Crippen molar-refractivity contribution in [3.8, 4) is 5.75 Å². The summed E-state index contributed by atoms with van der Waals surface area (Å²) in [4.78, 5) is 12.0. The molecule has 0 fully saturated rings. The number of alkyl halides is 3. The number of nitrogens with one attached hydrogen (secondary N) is 2. The van der Waals surface area contributed by atoms with Gasteiger partial charge in [-0.05, 0) is 42.8 Å². The fraction of sp³-hybridized carbons (Fsp3) is 0.278. The van der Waals surface area contributed by atoms with Gasteiger partial charge < -0.3 is 10.1 Å². The molecular weight excluding hydrogens is 397 g/mol. The van der Waals surface area contributed by atoms with Gasteiger partial charge in [0, 0.05) is 5.69 Å². The number of halogens is 3. The van der Waals surface area contributed by atoms with Gasteiger partial charge >= 0.3 is 6.18 Å². The maximum atomic E-state index is 12.7. The molecule has 6 nitrogen and oxygen atoms in total. The summed E-state index contributed by atoms with van der Waals surface area (Å²) >= 11 is 0. The highest BCUT2D eigenvalue weighted by atomic mass is 32.2. The van der Waals surface area contributed by atoms with Crippen LogP contribution in [-0.4, -0.2) is 27.2 Å². The molecule has 0 radical (unpaired) electrons. The van der Waals surface area contributed by atoms with Crippen LogP contribution in [0.25, 0.3) is 0 Å². The van der Waals surface area contributed by atoms with Crippen LogP contribution >= 0.6 is 0 Å². The largest absolute Gasteiger partial charge is 0.484 e. The smallest absolute Gasteiger partial charge is 0.416 e. The molecule has 0 aliphatic heterocycles. The molecule has 1 atom stereocenters. The van der Waals surface area contributed by atoms with Gasteiger partial charge in [0.2, 0.25) is 10.0 Å². The van der Waals surface area contributed by atoms with Gasteiger partial charge in [-0.2, -0.15) is 13.2 Å². The second-order valence-corrected chi connectivity index (χ2v) is 7.85. The predicted molar refractivity (Wildman–Crippen MR) is 98.4 cm³/mol. The number of hydrogen-bond donors (Lipinski definition) is 2. The summed E-state index contributed by atoms with van der Waals surface area (Å²) in [5.41, 5.74) is 0.122. The molecule has 2 aromatic carbocycles. The molecule has 152 valence electrons. The van der Waals surface area contributed by atoms with Gasteiger partial charge in [-0.25, -0.2) is 8.42 Å². The Kier molecular flexibility index (Phi) is 6.55. The number of carbonyl (C=O) groups excluding carboxylic acids is 1. The van der Waals surface area contributed by atoms with E-state index in [0.29, 0.717) is 11.3 Å². The number of carbonyl (C=O) groups is 1. The number of amides is 1. The molecule has 2 N–H and O–H groups in total. The van der Waals surface area contributed by atoms with Crippen LogP contribution in [0.1, 0.15) is 24.1 Å². The number of sulfonamides is 1. The highest BCUT2D eigenvalue weighted by molar-refractivity contribution is 7.92. The van der Waals surface area contributed by atoms with Crippen LogP contribution < -0.4 is 14.8 Å². The zero-order valence-corrected chi connectivity index (χ0v) is 15.9. The minimum atomic E-state index is -4.50. The van der Waals surface area contributed by atoms with Crippen LogP contribution in [0.2, 0.25) is 0 Å². The number of anilines is 1. The summed E-state index contributed by atoms with van der Waals surface area (Å²) in [7, 11) is -3.43. The second-order valence-electron chi connectivity index (χ2n) is 6.10. The third-order valence-corrected chi connectivity index (χ3v) is 4.21. The molecule has 0 bridgehead atoms. The van der Waals surface area contributed by atoms with Crippen LogP contribution in [0, 0.1) is 0 Å². The minimum Gasteiger partial charge on any atom is -0.484 e. The van der Waals surface area contributed by atoms with Crippen molar-refractivity contribution in [2.75, 3.05) is 17.6 Å². The Morgan fingerprint density at radius 2 is 1.82 bits per heavy atom. The van der Waals surface area contributed by atoms with Gasteiger partial charge in [0.15, 0.2) is 6.61 Å². The monoisotopic (exact) mass is 416 g/mol. The topological polar surface area (TPSA) is 84.5 Å². The summed E-state index contributed by atoms with van der Waals surface area (Å²) in [5.74, 6) is -0.608. The Labute approximate surface area is 160 Å². The molecule has 0 heterocycles. The number of rotatable bonds is 7. The van der Waals surface area contributed by atoms with Gasteiger partial charge in [0.05, 0.1) is 17.9 Å².